The van der Waals surface area contributed by atoms with Gasteiger partial charge in [-0.25, -0.2) is 0 Å². The van der Waals surface area contributed by atoms with Crippen LogP contribution < -0.4 is 5.32 Å². The molecule has 0 spiro atoms. The summed E-state index contributed by atoms with van der Waals surface area (Å²) in [4.78, 5) is 2.05. The number of hydrogen-bond acceptors (Lipinski definition) is 4. The third-order valence-corrected chi connectivity index (χ3v) is 1.24. The first-order valence-corrected chi connectivity index (χ1v) is 3.76. The van der Waals surface area contributed by atoms with Crippen molar-refractivity contribution in [2.75, 3.05) is 27.2 Å². The van der Waals surface area contributed by atoms with E-state index in [1.807, 2.05) is 19.0 Å². The van der Waals surface area contributed by atoms with Crippen LogP contribution in [-0.4, -0.2) is 48.2 Å². The molecular formula is C7H18N2O2. The van der Waals surface area contributed by atoms with Crippen molar-refractivity contribution in [3.05, 3.63) is 0 Å². The molecule has 0 rings (SSSR count). The van der Waals surface area contributed by atoms with E-state index in [9.17, 15) is 0 Å². The second-order valence-electron chi connectivity index (χ2n) is 3.10. The summed E-state index contributed by atoms with van der Waals surface area (Å²) in [6.45, 7) is 2.87. The van der Waals surface area contributed by atoms with Gasteiger partial charge in [-0.1, -0.05) is 0 Å². The van der Waals surface area contributed by atoms with Crippen LogP contribution in [0, 0.1) is 0 Å². The summed E-state index contributed by atoms with van der Waals surface area (Å²) in [5.74, 6) is -1.73. The lowest BCUT2D eigenvalue weighted by molar-refractivity contribution is -0.169. The minimum atomic E-state index is -1.73. The highest BCUT2D eigenvalue weighted by molar-refractivity contribution is 4.54. The van der Waals surface area contributed by atoms with Crippen molar-refractivity contribution in [3.63, 3.8) is 0 Å². The topological polar surface area (TPSA) is 55.7 Å². The quantitative estimate of drug-likeness (QED) is 0.365. The molecule has 0 amide bonds. The molecule has 4 heteroatoms. The first kappa shape index (κ1) is 10.8. The summed E-state index contributed by atoms with van der Waals surface area (Å²) < 4.78 is 0. The van der Waals surface area contributed by atoms with E-state index in [1.54, 1.807) is 0 Å². The van der Waals surface area contributed by atoms with Crippen LogP contribution in [-0.2, 0) is 0 Å². The Balaban J connectivity index is 3.15. The van der Waals surface area contributed by atoms with E-state index < -0.39 is 5.91 Å². The second-order valence-corrected chi connectivity index (χ2v) is 3.10. The van der Waals surface area contributed by atoms with Crippen LogP contribution in [0.5, 0.6) is 0 Å². The summed E-state index contributed by atoms with van der Waals surface area (Å²) in [7, 11) is 3.97. The zero-order chi connectivity index (χ0) is 8.91. The summed E-state index contributed by atoms with van der Waals surface area (Å²) in [6.07, 6.45) is 0.906. The van der Waals surface area contributed by atoms with Crippen molar-refractivity contribution in [2.24, 2.45) is 0 Å². The second kappa shape index (κ2) is 4.66. The molecule has 0 aliphatic rings. The van der Waals surface area contributed by atoms with Gasteiger partial charge in [-0.2, -0.15) is 0 Å². The number of aliphatic hydroxyl groups is 2. The molecule has 3 N–H and O–H groups in total. The van der Waals surface area contributed by atoms with Crippen molar-refractivity contribution in [3.8, 4) is 0 Å². The molecule has 0 aromatic heterocycles. The van der Waals surface area contributed by atoms with Crippen LogP contribution in [0.4, 0.5) is 0 Å². The number of hydrogen-bond donors (Lipinski definition) is 3. The van der Waals surface area contributed by atoms with Crippen molar-refractivity contribution in [1.82, 2.24) is 10.2 Å². The van der Waals surface area contributed by atoms with Gasteiger partial charge in [-0.05, 0) is 27.1 Å². The molecule has 0 saturated heterocycles. The van der Waals surface area contributed by atoms with Gasteiger partial charge in [0.15, 0.2) is 0 Å². The van der Waals surface area contributed by atoms with E-state index in [1.165, 1.54) is 6.92 Å². The summed E-state index contributed by atoms with van der Waals surface area (Å²) in [5, 5.41) is 20.2. The Kier molecular flexibility index (Phi) is 4.60. The molecule has 0 fully saturated rings. The largest absolute Gasteiger partial charge is 0.354 e. The lowest BCUT2D eigenvalue weighted by Gasteiger charge is -2.18. The molecule has 11 heavy (non-hydrogen) atoms. The number of rotatable bonds is 5. The molecule has 0 unspecified atom stereocenters. The van der Waals surface area contributed by atoms with Crippen LogP contribution in [0.1, 0.15) is 13.3 Å². The van der Waals surface area contributed by atoms with E-state index in [4.69, 9.17) is 10.2 Å². The van der Waals surface area contributed by atoms with Gasteiger partial charge in [0.05, 0.1) is 0 Å². The third-order valence-electron chi connectivity index (χ3n) is 1.24. The van der Waals surface area contributed by atoms with Gasteiger partial charge in [-0.3, -0.25) is 5.32 Å². The van der Waals surface area contributed by atoms with E-state index in [-0.39, 0.29) is 0 Å². The fourth-order valence-corrected chi connectivity index (χ4v) is 0.720. The highest BCUT2D eigenvalue weighted by atomic mass is 16.5. The van der Waals surface area contributed by atoms with Gasteiger partial charge in [-0.15, -0.1) is 0 Å². The highest BCUT2D eigenvalue weighted by Crippen LogP contribution is 1.90. The summed E-state index contributed by atoms with van der Waals surface area (Å²) in [6, 6.07) is 0. The Labute approximate surface area is 67.8 Å². The Morgan fingerprint density at radius 2 is 1.91 bits per heavy atom. The van der Waals surface area contributed by atoms with Gasteiger partial charge >= 0.3 is 0 Å². The molecule has 4 nitrogen and oxygen atoms in total. The molecule has 0 radical (unpaired) electrons. The zero-order valence-corrected chi connectivity index (χ0v) is 7.46. The predicted octanol–water partition coefficient (Wildman–Crippen LogP) is -0.814. The lowest BCUT2D eigenvalue weighted by atomic mass is 10.4. The van der Waals surface area contributed by atoms with Crippen molar-refractivity contribution < 1.29 is 10.2 Å². The molecule has 0 atom stereocenters. The molecule has 68 valence electrons. The first-order chi connectivity index (χ1) is 4.92. The monoisotopic (exact) mass is 162 g/mol. The van der Waals surface area contributed by atoms with Crippen molar-refractivity contribution >= 4 is 0 Å². The molecule has 0 aromatic rings. The smallest absolute Gasteiger partial charge is 0.219 e. The van der Waals surface area contributed by atoms with Gasteiger partial charge in [0.2, 0.25) is 5.91 Å². The first-order valence-electron chi connectivity index (χ1n) is 3.76. The van der Waals surface area contributed by atoms with Crippen LogP contribution in [0.2, 0.25) is 0 Å². The van der Waals surface area contributed by atoms with Crippen molar-refractivity contribution in [2.45, 2.75) is 19.3 Å². The normalized spacial score (nSPS) is 12.5. The standard InChI is InChI=1S/C7H18N2O2/c1-7(10,11)8-5-4-6-9(2)3/h8,10-11H,4-6H2,1-3H3. The Morgan fingerprint density at radius 3 is 2.27 bits per heavy atom. The summed E-state index contributed by atoms with van der Waals surface area (Å²) in [5.41, 5.74) is 0. The van der Waals surface area contributed by atoms with E-state index >= 15 is 0 Å². The molecule has 0 aliphatic carbocycles. The van der Waals surface area contributed by atoms with Crippen LogP contribution >= 0.6 is 0 Å². The Morgan fingerprint density at radius 1 is 1.36 bits per heavy atom. The lowest BCUT2D eigenvalue weighted by Crippen LogP contribution is -2.42. The number of nitrogens with zero attached hydrogens (tertiary/aromatic N) is 1. The molecular weight excluding hydrogens is 144 g/mol. The third kappa shape index (κ3) is 9.84. The highest BCUT2D eigenvalue weighted by Gasteiger charge is 2.11. The fraction of sp³-hybridized carbons (Fsp3) is 1.00. The fourth-order valence-electron chi connectivity index (χ4n) is 0.720. The Bertz CT molecular complexity index is 99.1. The molecule has 0 aliphatic heterocycles. The Hall–Kier alpha value is -0.160. The van der Waals surface area contributed by atoms with Crippen LogP contribution in [0.25, 0.3) is 0 Å². The van der Waals surface area contributed by atoms with Gasteiger partial charge in [0, 0.05) is 13.5 Å². The molecule has 0 heterocycles. The van der Waals surface area contributed by atoms with Gasteiger partial charge in [0.25, 0.3) is 0 Å². The maximum Gasteiger partial charge on any atom is 0.219 e. The minimum absolute atomic E-state index is 0.613. The van der Waals surface area contributed by atoms with E-state index in [0.717, 1.165) is 13.0 Å². The molecule has 0 bridgehead atoms. The van der Waals surface area contributed by atoms with Crippen LogP contribution in [0.3, 0.4) is 0 Å². The van der Waals surface area contributed by atoms with Crippen LogP contribution in [0.15, 0.2) is 0 Å². The average Bonchev–Trinajstić information content (AvgIpc) is 1.78. The summed E-state index contributed by atoms with van der Waals surface area (Å²) >= 11 is 0. The maximum absolute atomic E-state index is 8.81. The maximum atomic E-state index is 8.81. The predicted molar refractivity (Wildman–Crippen MR) is 44.0 cm³/mol. The molecule has 0 saturated carbocycles. The van der Waals surface area contributed by atoms with Gasteiger partial charge < -0.3 is 15.1 Å². The van der Waals surface area contributed by atoms with Crippen molar-refractivity contribution in [1.29, 1.82) is 0 Å². The SMILES string of the molecule is CN(C)CCCNC(C)(O)O. The minimum Gasteiger partial charge on any atom is -0.354 e. The van der Waals surface area contributed by atoms with E-state index in [0.29, 0.717) is 6.54 Å². The van der Waals surface area contributed by atoms with Gasteiger partial charge in [0.1, 0.15) is 0 Å². The molecule has 0 aromatic carbocycles. The zero-order valence-electron chi connectivity index (χ0n) is 7.46. The average molecular weight is 162 g/mol. The van der Waals surface area contributed by atoms with E-state index in [2.05, 4.69) is 5.32 Å². The number of nitrogens with one attached hydrogen (secondary N) is 1.